The zero-order valence-electron chi connectivity index (χ0n) is 16.2. The predicted octanol–water partition coefficient (Wildman–Crippen LogP) is 2.33. The van der Waals surface area contributed by atoms with Crippen LogP contribution in [0.15, 0.2) is 40.9 Å². The van der Waals surface area contributed by atoms with Crippen molar-refractivity contribution in [2.45, 2.75) is 18.9 Å². The highest BCUT2D eigenvalue weighted by molar-refractivity contribution is 5.92. The van der Waals surface area contributed by atoms with Gasteiger partial charge in [-0.25, -0.2) is 0 Å². The molecule has 2 aromatic heterocycles. The Balaban J connectivity index is 0.00000205. The lowest BCUT2D eigenvalue weighted by atomic mass is 10.1. The predicted molar refractivity (Wildman–Crippen MR) is 113 cm³/mol. The SMILES string of the molecule is Cl.O=C(c1ccn(C2CCCNC2)n1)N1CCN(c2nc3ccccc3o2)CC1. The lowest BCUT2D eigenvalue weighted by Crippen LogP contribution is -2.49. The number of benzene rings is 1. The Bertz CT molecular complexity index is 939. The molecule has 9 heteroatoms. The molecular weight excluding hydrogens is 392 g/mol. The van der Waals surface area contributed by atoms with E-state index in [1.807, 2.05) is 46.1 Å². The van der Waals surface area contributed by atoms with E-state index in [2.05, 4.69) is 20.3 Å². The molecule has 29 heavy (non-hydrogen) atoms. The number of nitrogens with one attached hydrogen (secondary N) is 1. The third kappa shape index (κ3) is 3.95. The van der Waals surface area contributed by atoms with Gasteiger partial charge in [-0.1, -0.05) is 12.1 Å². The van der Waals surface area contributed by atoms with Crippen molar-refractivity contribution in [1.29, 1.82) is 0 Å². The molecule has 154 valence electrons. The van der Waals surface area contributed by atoms with Crippen LogP contribution in [0.1, 0.15) is 29.4 Å². The summed E-state index contributed by atoms with van der Waals surface area (Å²) in [7, 11) is 0. The van der Waals surface area contributed by atoms with Gasteiger partial charge in [0.05, 0.1) is 6.04 Å². The Morgan fingerprint density at radius 3 is 2.72 bits per heavy atom. The van der Waals surface area contributed by atoms with E-state index in [0.717, 1.165) is 37.0 Å². The van der Waals surface area contributed by atoms with Gasteiger partial charge in [0.25, 0.3) is 11.9 Å². The number of nitrogens with zero attached hydrogens (tertiary/aromatic N) is 5. The number of halogens is 1. The van der Waals surface area contributed by atoms with Gasteiger partial charge in [0.2, 0.25) is 0 Å². The van der Waals surface area contributed by atoms with Crippen molar-refractivity contribution in [2.24, 2.45) is 0 Å². The van der Waals surface area contributed by atoms with Crippen molar-refractivity contribution in [3.63, 3.8) is 0 Å². The smallest absolute Gasteiger partial charge is 0.298 e. The highest BCUT2D eigenvalue weighted by atomic mass is 35.5. The number of oxazole rings is 1. The van der Waals surface area contributed by atoms with Crippen molar-refractivity contribution in [3.8, 4) is 0 Å². The van der Waals surface area contributed by atoms with Gasteiger partial charge in [0.15, 0.2) is 5.58 Å². The number of rotatable bonds is 3. The fourth-order valence-electron chi connectivity index (χ4n) is 3.97. The number of para-hydroxylation sites is 2. The molecule has 1 aromatic carbocycles. The number of carbonyl (C=O) groups excluding carboxylic acids is 1. The van der Waals surface area contributed by atoms with Gasteiger partial charge in [0.1, 0.15) is 11.2 Å². The van der Waals surface area contributed by atoms with Crippen LogP contribution in [0, 0.1) is 0 Å². The first-order valence-corrected chi connectivity index (χ1v) is 9.93. The van der Waals surface area contributed by atoms with Gasteiger partial charge in [-0.15, -0.1) is 12.4 Å². The molecule has 0 aliphatic carbocycles. The van der Waals surface area contributed by atoms with Crippen molar-refractivity contribution in [3.05, 3.63) is 42.2 Å². The van der Waals surface area contributed by atoms with Crippen molar-refractivity contribution in [2.75, 3.05) is 44.2 Å². The minimum absolute atomic E-state index is 0. The summed E-state index contributed by atoms with van der Waals surface area (Å²) >= 11 is 0. The summed E-state index contributed by atoms with van der Waals surface area (Å²) < 4.78 is 7.79. The lowest BCUT2D eigenvalue weighted by Gasteiger charge is -2.33. The standard InChI is InChI=1S/C20H24N6O2.ClH/c27-19(17-7-9-26(23-17)15-4-3-8-21-14-15)24-10-12-25(13-11-24)20-22-16-5-1-2-6-18(16)28-20;/h1-2,5-7,9,15,21H,3-4,8,10-14H2;1H. The number of amides is 1. The van der Waals surface area contributed by atoms with Crippen LogP contribution in [0.5, 0.6) is 0 Å². The highest BCUT2D eigenvalue weighted by Crippen LogP contribution is 2.23. The van der Waals surface area contributed by atoms with Crippen LogP contribution in [0.2, 0.25) is 0 Å². The molecule has 1 amide bonds. The molecule has 2 saturated heterocycles. The molecule has 8 nitrogen and oxygen atoms in total. The second-order valence-corrected chi connectivity index (χ2v) is 7.42. The first-order chi connectivity index (χ1) is 13.8. The summed E-state index contributed by atoms with van der Waals surface area (Å²) in [6.07, 6.45) is 4.18. The summed E-state index contributed by atoms with van der Waals surface area (Å²) in [6, 6.07) is 10.6. The van der Waals surface area contributed by atoms with Gasteiger partial charge < -0.3 is 19.5 Å². The number of hydrogen-bond acceptors (Lipinski definition) is 6. The lowest BCUT2D eigenvalue weighted by molar-refractivity contribution is 0.0737. The Morgan fingerprint density at radius 1 is 1.14 bits per heavy atom. The molecule has 5 rings (SSSR count). The topological polar surface area (TPSA) is 79.4 Å². The molecule has 0 saturated carbocycles. The summed E-state index contributed by atoms with van der Waals surface area (Å²) in [5.74, 6) is -0.000246. The van der Waals surface area contributed by atoms with E-state index in [1.54, 1.807) is 0 Å². The Morgan fingerprint density at radius 2 is 1.97 bits per heavy atom. The first kappa shape index (κ1) is 19.7. The molecule has 0 spiro atoms. The number of fused-ring (bicyclic) bond motifs is 1. The van der Waals surface area contributed by atoms with Gasteiger partial charge >= 0.3 is 0 Å². The van der Waals surface area contributed by atoms with Crippen LogP contribution in [0.3, 0.4) is 0 Å². The zero-order valence-corrected chi connectivity index (χ0v) is 17.0. The second kappa shape index (κ2) is 8.42. The molecule has 1 unspecified atom stereocenters. The minimum Gasteiger partial charge on any atom is -0.423 e. The molecule has 0 bridgehead atoms. The molecule has 3 aromatic rings. The number of aromatic nitrogens is 3. The molecule has 2 aliphatic heterocycles. The van der Waals surface area contributed by atoms with Gasteiger partial charge in [0, 0.05) is 38.9 Å². The van der Waals surface area contributed by atoms with E-state index in [-0.39, 0.29) is 18.3 Å². The van der Waals surface area contributed by atoms with Crippen LogP contribution in [-0.2, 0) is 0 Å². The van der Waals surface area contributed by atoms with Crippen LogP contribution < -0.4 is 10.2 Å². The Labute approximate surface area is 175 Å². The molecule has 2 aliphatic rings. The van der Waals surface area contributed by atoms with Gasteiger partial charge in [-0.05, 0) is 37.6 Å². The maximum atomic E-state index is 12.9. The number of anilines is 1. The summed E-state index contributed by atoms with van der Waals surface area (Å²) in [5.41, 5.74) is 2.18. The molecular formula is C20H25ClN6O2. The van der Waals surface area contributed by atoms with Crippen molar-refractivity contribution < 1.29 is 9.21 Å². The number of hydrogen-bond donors (Lipinski definition) is 1. The van der Waals surface area contributed by atoms with E-state index in [0.29, 0.717) is 43.9 Å². The zero-order chi connectivity index (χ0) is 18.9. The summed E-state index contributed by atoms with van der Waals surface area (Å²) in [6.45, 7) is 4.65. The van der Waals surface area contributed by atoms with Crippen molar-refractivity contribution >= 4 is 35.4 Å². The van der Waals surface area contributed by atoms with Crippen LogP contribution in [0.25, 0.3) is 11.1 Å². The van der Waals surface area contributed by atoms with Crippen LogP contribution in [-0.4, -0.2) is 64.8 Å². The van der Waals surface area contributed by atoms with E-state index in [1.165, 1.54) is 0 Å². The fraction of sp³-hybridized carbons (Fsp3) is 0.450. The fourth-order valence-corrected chi connectivity index (χ4v) is 3.97. The Kier molecular flexibility index (Phi) is 5.73. The maximum absolute atomic E-state index is 12.9. The van der Waals surface area contributed by atoms with E-state index < -0.39 is 0 Å². The Hall–Kier alpha value is -2.58. The van der Waals surface area contributed by atoms with E-state index in [4.69, 9.17) is 4.42 Å². The normalized spacial score (nSPS) is 19.9. The average molecular weight is 417 g/mol. The minimum atomic E-state index is -0.000246. The third-order valence-electron chi connectivity index (χ3n) is 5.59. The second-order valence-electron chi connectivity index (χ2n) is 7.42. The van der Waals surface area contributed by atoms with E-state index in [9.17, 15) is 4.79 Å². The molecule has 0 radical (unpaired) electrons. The molecule has 1 N–H and O–H groups in total. The largest absolute Gasteiger partial charge is 0.423 e. The van der Waals surface area contributed by atoms with Crippen molar-refractivity contribution in [1.82, 2.24) is 25.0 Å². The van der Waals surface area contributed by atoms with Crippen LogP contribution >= 0.6 is 12.4 Å². The molecule has 2 fully saturated rings. The van der Waals surface area contributed by atoms with Gasteiger partial charge in [-0.2, -0.15) is 10.1 Å². The quantitative estimate of drug-likeness (QED) is 0.706. The average Bonchev–Trinajstić information content (AvgIpc) is 3.41. The first-order valence-electron chi connectivity index (χ1n) is 9.93. The van der Waals surface area contributed by atoms with Gasteiger partial charge in [-0.3, -0.25) is 9.48 Å². The number of piperazine rings is 1. The molecule has 1 atom stereocenters. The molecule has 4 heterocycles. The maximum Gasteiger partial charge on any atom is 0.298 e. The third-order valence-corrected chi connectivity index (χ3v) is 5.59. The summed E-state index contributed by atoms with van der Waals surface area (Å²) in [4.78, 5) is 21.4. The number of carbonyl (C=O) groups is 1. The summed E-state index contributed by atoms with van der Waals surface area (Å²) in [5, 5.41) is 7.94. The van der Waals surface area contributed by atoms with Crippen LogP contribution in [0.4, 0.5) is 6.01 Å². The monoisotopic (exact) mass is 416 g/mol. The highest BCUT2D eigenvalue weighted by Gasteiger charge is 2.26. The number of piperidine rings is 1. The van der Waals surface area contributed by atoms with E-state index >= 15 is 0 Å².